The number of nitrogens with one attached hydrogen (secondary N) is 1. The summed E-state index contributed by atoms with van der Waals surface area (Å²) < 4.78 is 0. The summed E-state index contributed by atoms with van der Waals surface area (Å²) in [6.07, 6.45) is 1.76. The number of anilines is 1. The summed E-state index contributed by atoms with van der Waals surface area (Å²) in [7, 11) is 0. The second-order valence-corrected chi connectivity index (χ2v) is 4.51. The maximum absolute atomic E-state index is 10.7. The van der Waals surface area contributed by atoms with Crippen LogP contribution in [-0.4, -0.2) is 22.1 Å². The molecule has 2 aromatic rings. The molecule has 0 unspecified atom stereocenters. The second-order valence-electron chi connectivity index (χ2n) is 3.62. The van der Waals surface area contributed by atoms with Crippen LogP contribution in [0.1, 0.15) is 6.92 Å². The first-order valence-electron chi connectivity index (χ1n) is 5.16. The minimum atomic E-state index is -0.867. The first-order chi connectivity index (χ1) is 8.16. The van der Waals surface area contributed by atoms with Gasteiger partial charge in [0, 0.05) is 22.8 Å². The fourth-order valence-electron chi connectivity index (χ4n) is 1.39. The van der Waals surface area contributed by atoms with Gasteiger partial charge in [0.25, 0.3) is 0 Å². The highest BCUT2D eigenvalue weighted by Crippen LogP contribution is 2.23. The van der Waals surface area contributed by atoms with Crippen LogP contribution in [0.4, 0.5) is 5.69 Å². The molecule has 4 nitrogen and oxygen atoms in total. The van der Waals surface area contributed by atoms with E-state index in [1.54, 1.807) is 24.5 Å². The van der Waals surface area contributed by atoms with Crippen LogP contribution in [0.25, 0.3) is 10.6 Å². The fourth-order valence-corrected chi connectivity index (χ4v) is 2.03. The smallest absolute Gasteiger partial charge is 0.325 e. The molecule has 0 saturated carbocycles. The number of carboxylic acids is 1. The van der Waals surface area contributed by atoms with Crippen molar-refractivity contribution in [2.24, 2.45) is 0 Å². The van der Waals surface area contributed by atoms with E-state index in [1.165, 1.54) is 0 Å². The third kappa shape index (κ3) is 2.82. The molecule has 2 rings (SSSR count). The van der Waals surface area contributed by atoms with E-state index in [-0.39, 0.29) is 0 Å². The van der Waals surface area contributed by atoms with Gasteiger partial charge in [-0.3, -0.25) is 4.79 Å². The van der Waals surface area contributed by atoms with Crippen molar-refractivity contribution in [1.29, 1.82) is 0 Å². The van der Waals surface area contributed by atoms with Crippen molar-refractivity contribution in [2.45, 2.75) is 13.0 Å². The van der Waals surface area contributed by atoms with Gasteiger partial charge in [-0.1, -0.05) is 0 Å². The summed E-state index contributed by atoms with van der Waals surface area (Å²) >= 11 is 1.58. The van der Waals surface area contributed by atoms with E-state index < -0.39 is 12.0 Å². The van der Waals surface area contributed by atoms with Crippen molar-refractivity contribution < 1.29 is 9.90 Å². The molecule has 2 N–H and O–H groups in total. The van der Waals surface area contributed by atoms with Gasteiger partial charge >= 0.3 is 5.97 Å². The molecule has 17 heavy (non-hydrogen) atoms. The number of benzene rings is 1. The van der Waals surface area contributed by atoms with E-state index in [0.29, 0.717) is 0 Å². The highest BCUT2D eigenvalue weighted by molar-refractivity contribution is 7.13. The summed E-state index contributed by atoms with van der Waals surface area (Å²) in [5.41, 5.74) is 1.83. The largest absolute Gasteiger partial charge is 0.480 e. The zero-order valence-corrected chi connectivity index (χ0v) is 10.1. The molecule has 1 aromatic heterocycles. The highest BCUT2D eigenvalue weighted by Gasteiger charge is 2.09. The number of nitrogens with zero attached hydrogens (tertiary/aromatic N) is 1. The van der Waals surface area contributed by atoms with E-state index in [2.05, 4.69) is 10.3 Å². The maximum Gasteiger partial charge on any atom is 0.325 e. The predicted molar refractivity (Wildman–Crippen MR) is 68.3 cm³/mol. The monoisotopic (exact) mass is 248 g/mol. The lowest BCUT2D eigenvalue weighted by Crippen LogP contribution is -2.25. The van der Waals surface area contributed by atoms with Crippen molar-refractivity contribution in [3.8, 4) is 10.6 Å². The number of aromatic nitrogens is 1. The molecular formula is C12H12N2O2S. The molecule has 5 heteroatoms. The van der Waals surface area contributed by atoms with Crippen LogP contribution in [0.3, 0.4) is 0 Å². The average Bonchev–Trinajstić information content (AvgIpc) is 2.83. The van der Waals surface area contributed by atoms with Gasteiger partial charge in [0.1, 0.15) is 11.0 Å². The molecule has 1 heterocycles. The molecule has 0 aliphatic rings. The first-order valence-corrected chi connectivity index (χ1v) is 6.04. The molecule has 0 bridgehead atoms. The Morgan fingerprint density at radius 3 is 2.65 bits per heavy atom. The SMILES string of the molecule is C[C@H](Nc1ccc(-c2nccs2)cc1)C(=O)O. The summed E-state index contributed by atoms with van der Waals surface area (Å²) in [5, 5.41) is 14.6. The third-order valence-corrected chi connectivity index (χ3v) is 3.14. The Kier molecular flexibility index (Phi) is 3.39. The molecule has 0 aliphatic carbocycles. The minimum absolute atomic E-state index is 0.597. The third-order valence-electron chi connectivity index (χ3n) is 2.32. The Balaban J connectivity index is 2.11. The van der Waals surface area contributed by atoms with Gasteiger partial charge in [0.05, 0.1) is 0 Å². The maximum atomic E-state index is 10.7. The van der Waals surface area contributed by atoms with Crippen molar-refractivity contribution in [1.82, 2.24) is 4.98 Å². The molecular weight excluding hydrogens is 236 g/mol. The van der Waals surface area contributed by atoms with Gasteiger partial charge in [0.2, 0.25) is 0 Å². The number of hydrogen-bond acceptors (Lipinski definition) is 4. The van der Waals surface area contributed by atoms with Gasteiger partial charge in [0.15, 0.2) is 0 Å². The van der Waals surface area contributed by atoms with Crippen LogP contribution >= 0.6 is 11.3 Å². The normalized spacial score (nSPS) is 12.1. The van der Waals surface area contributed by atoms with Crippen LogP contribution in [-0.2, 0) is 4.79 Å². The zero-order chi connectivity index (χ0) is 12.3. The van der Waals surface area contributed by atoms with Gasteiger partial charge < -0.3 is 10.4 Å². The standard InChI is InChI=1S/C12H12N2O2S/c1-8(12(15)16)14-10-4-2-9(3-5-10)11-13-6-7-17-11/h2-8,14H,1H3,(H,15,16)/t8-/m0/s1. The van der Waals surface area contributed by atoms with Gasteiger partial charge in [-0.25, -0.2) is 4.98 Å². The summed E-state index contributed by atoms with van der Waals surface area (Å²) in [5.74, 6) is -0.867. The van der Waals surface area contributed by atoms with E-state index >= 15 is 0 Å². The van der Waals surface area contributed by atoms with Crippen LogP contribution in [0, 0.1) is 0 Å². The molecule has 0 saturated heterocycles. The van der Waals surface area contributed by atoms with Crippen molar-refractivity contribution >= 4 is 23.0 Å². The lowest BCUT2D eigenvalue weighted by Gasteiger charge is -2.10. The van der Waals surface area contributed by atoms with Crippen LogP contribution in [0.2, 0.25) is 0 Å². The lowest BCUT2D eigenvalue weighted by molar-refractivity contribution is -0.137. The van der Waals surface area contributed by atoms with Gasteiger partial charge in [-0.2, -0.15) is 0 Å². The number of carboxylic acid groups (broad SMARTS) is 1. The number of hydrogen-bond donors (Lipinski definition) is 2. The van der Waals surface area contributed by atoms with Crippen molar-refractivity contribution in [2.75, 3.05) is 5.32 Å². The zero-order valence-electron chi connectivity index (χ0n) is 9.25. The lowest BCUT2D eigenvalue weighted by atomic mass is 10.2. The Hall–Kier alpha value is -1.88. The van der Waals surface area contributed by atoms with Crippen LogP contribution in [0.5, 0.6) is 0 Å². The van der Waals surface area contributed by atoms with Crippen LogP contribution in [0.15, 0.2) is 35.8 Å². The molecule has 1 aromatic carbocycles. The van der Waals surface area contributed by atoms with Crippen LogP contribution < -0.4 is 5.32 Å². The van der Waals surface area contributed by atoms with E-state index in [0.717, 1.165) is 16.3 Å². The Morgan fingerprint density at radius 1 is 1.41 bits per heavy atom. The molecule has 1 atom stereocenters. The Morgan fingerprint density at radius 2 is 2.12 bits per heavy atom. The quantitative estimate of drug-likeness (QED) is 0.873. The fraction of sp³-hybridized carbons (Fsp3) is 0.167. The molecule has 0 fully saturated rings. The Labute approximate surface area is 103 Å². The Bertz CT molecular complexity index is 494. The summed E-state index contributed by atoms with van der Waals surface area (Å²) in [4.78, 5) is 14.9. The average molecular weight is 248 g/mol. The first kappa shape index (κ1) is 11.6. The van der Waals surface area contributed by atoms with Gasteiger partial charge in [-0.05, 0) is 31.2 Å². The highest BCUT2D eigenvalue weighted by atomic mass is 32.1. The summed E-state index contributed by atoms with van der Waals surface area (Å²) in [6, 6.07) is 6.97. The number of thiazole rings is 1. The van der Waals surface area contributed by atoms with E-state index in [9.17, 15) is 4.79 Å². The number of aliphatic carboxylic acids is 1. The van der Waals surface area contributed by atoms with E-state index in [4.69, 9.17) is 5.11 Å². The number of carbonyl (C=O) groups is 1. The predicted octanol–water partition coefficient (Wildman–Crippen LogP) is 2.70. The van der Waals surface area contributed by atoms with Crippen molar-refractivity contribution in [3.63, 3.8) is 0 Å². The number of rotatable bonds is 4. The molecule has 0 spiro atoms. The summed E-state index contributed by atoms with van der Waals surface area (Å²) in [6.45, 7) is 1.61. The molecule has 0 amide bonds. The molecule has 88 valence electrons. The molecule has 0 aliphatic heterocycles. The van der Waals surface area contributed by atoms with Crippen molar-refractivity contribution in [3.05, 3.63) is 35.8 Å². The topological polar surface area (TPSA) is 62.2 Å². The minimum Gasteiger partial charge on any atom is -0.480 e. The van der Waals surface area contributed by atoms with Gasteiger partial charge in [-0.15, -0.1) is 11.3 Å². The molecule has 0 radical (unpaired) electrons. The van der Waals surface area contributed by atoms with E-state index in [1.807, 2.05) is 29.6 Å². The second kappa shape index (κ2) is 4.97.